The zero-order valence-corrected chi connectivity index (χ0v) is 10.4. The molecule has 1 rings (SSSR count). The number of ether oxygens (including phenoxy) is 1. The van der Waals surface area contributed by atoms with Gasteiger partial charge in [-0.2, -0.15) is 0 Å². The van der Waals surface area contributed by atoms with E-state index in [0.29, 0.717) is 13.0 Å². The van der Waals surface area contributed by atoms with Crippen LogP contribution in [0.3, 0.4) is 0 Å². The van der Waals surface area contributed by atoms with Crippen molar-refractivity contribution in [2.75, 3.05) is 13.1 Å². The lowest BCUT2D eigenvalue weighted by Crippen LogP contribution is -2.45. The fourth-order valence-electron chi connectivity index (χ4n) is 1.85. The van der Waals surface area contributed by atoms with Gasteiger partial charge >= 0.3 is 5.97 Å². The van der Waals surface area contributed by atoms with E-state index in [4.69, 9.17) is 15.6 Å². The maximum atomic E-state index is 11.7. The fraction of sp³-hybridized carbons (Fsp3) is 0.818. The van der Waals surface area contributed by atoms with Crippen molar-refractivity contribution in [2.24, 2.45) is 5.73 Å². The van der Waals surface area contributed by atoms with Crippen molar-refractivity contribution >= 4 is 11.9 Å². The number of carboxylic acid groups (broad SMARTS) is 1. The van der Waals surface area contributed by atoms with E-state index in [1.807, 2.05) is 0 Å². The topological polar surface area (TPSA) is 122 Å². The Morgan fingerprint density at radius 1 is 1.50 bits per heavy atom. The van der Waals surface area contributed by atoms with E-state index >= 15 is 0 Å². The van der Waals surface area contributed by atoms with Crippen LogP contribution in [0.2, 0.25) is 0 Å². The molecule has 1 aliphatic heterocycles. The number of nitrogens with two attached hydrogens (primary N) is 1. The van der Waals surface area contributed by atoms with Gasteiger partial charge in [-0.1, -0.05) is 0 Å². The molecule has 1 fully saturated rings. The van der Waals surface area contributed by atoms with Crippen molar-refractivity contribution in [3.63, 3.8) is 0 Å². The monoisotopic (exact) mass is 260 g/mol. The van der Waals surface area contributed by atoms with Gasteiger partial charge in [0.05, 0.1) is 18.1 Å². The van der Waals surface area contributed by atoms with E-state index in [2.05, 4.69) is 5.32 Å². The van der Waals surface area contributed by atoms with Gasteiger partial charge in [0.25, 0.3) is 0 Å². The average Bonchev–Trinajstić information content (AvgIpc) is 2.72. The molecule has 7 nitrogen and oxygen atoms in total. The zero-order valence-electron chi connectivity index (χ0n) is 10.4. The van der Waals surface area contributed by atoms with Crippen LogP contribution in [0.4, 0.5) is 0 Å². The van der Waals surface area contributed by atoms with Gasteiger partial charge in [0.15, 0.2) is 0 Å². The minimum absolute atomic E-state index is 0.0970. The highest BCUT2D eigenvalue weighted by molar-refractivity contribution is 5.81. The molecule has 0 aromatic rings. The molecular formula is C11H20N2O5. The Bertz CT molecular complexity index is 319. The number of hydrogen-bond donors (Lipinski definition) is 4. The molecule has 1 saturated heterocycles. The molecule has 0 spiro atoms. The molecular weight excluding hydrogens is 240 g/mol. The van der Waals surface area contributed by atoms with Gasteiger partial charge in [-0.25, -0.2) is 0 Å². The Hall–Kier alpha value is -1.18. The number of amides is 1. The lowest BCUT2D eigenvalue weighted by Gasteiger charge is -2.22. The number of carboxylic acids is 1. The Balaban J connectivity index is 2.35. The van der Waals surface area contributed by atoms with E-state index in [0.717, 1.165) is 6.42 Å². The summed E-state index contributed by atoms with van der Waals surface area (Å²) in [5.74, 6) is -1.45. The third-order valence-electron chi connectivity index (χ3n) is 2.84. The lowest BCUT2D eigenvalue weighted by atomic mass is 10.0. The van der Waals surface area contributed by atoms with E-state index in [-0.39, 0.29) is 18.6 Å². The second-order valence-corrected chi connectivity index (χ2v) is 4.85. The number of rotatable bonds is 6. The van der Waals surface area contributed by atoms with Gasteiger partial charge in [0.1, 0.15) is 6.10 Å². The highest BCUT2D eigenvalue weighted by Crippen LogP contribution is 2.19. The first-order chi connectivity index (χ1) is 8.34. The molecule has 0 aromatic heterocycles. The standard InChI is InChI=1S/C11H20N2O5/c1-11(17,4-9(14)15)6-13-10(16)8-3-2-7(5-12)18-8/h7-8,17H,2-6,12H2,1H3,(H,13,16)(H,14,15). The van der Waals surface area contributed by atoms with Crippen LogP contribution in [0.15, 0.2) is 0 Å². The largest absolute Gasteiger partial charge is 0.481 e. The van der Waals surface area contributed by atoms with Gasteiger partial charge in [-0.15, -0.1) is 0 Å². The molecule has 0 aliphatic carbocycles. The highest BCUT2D eigenvalue weighted by atomic mass is 16.5. The minimum atomic E-state index is -1.46. The minimum Gasteiger partial charge on any atom is -0.481 e. The van der Waals surface area contributed by atoms with Gasteiger partial charge in [0, 0.05) is 13.1 Å². The molecule has 1 amide bonds. The maximum absolute atomic E-state index is 11.7. The fourth-order valence-corrected chi connectivity index (χ4v) is 1.85. The van der Waals surface area contributed by atoms with Crippen LogP contribution in [-0.4, -0.2) is 53.0 Å². The summed E-state index contributed by atoms with van der Waals surface area (Å²) in [6, 6.07) is 0. The van der Waals surface area contributed by atoms with Crippen LogP contribution in [0.5, 0.6) is 0 Å². The molecule has 7 heteroatoms. The van der Waals surface area contributed by atoms with Gasteiger partial charge in [-0.3, -0.25) is 9.59 Å². The summed E-state index contributed by atoms with van der Waals surface area (Å²) in [6.45, 7) is 1.62. The highest BCUT2D eigenvalue weighted by Gasteiger charge is 2.31. The Morgan fingerprint density at radius 3 is 2.67 bits per heavy atom. The zero-order chi connectivity index (χ0) is 13.8. The van der Waals surface area contributed by atoms with Crippen molar-refractivity contribution in [3.05, 3.63) is 0 Å². The molecule has 104 valence electrons. The van der Waals surface area contributed by atoms with Gasteiger partial charge < -0.3 is 26.0 Å². The molecule has 1 aliphatic rings. The van der Waals surface area contributed by atoms with E-state index in [1.54, 1.807) is 0 Å². The van der Waals surface area contributed by atoms with Crippen molar-refractivity contribution in [1.29, 1.82) is 0 Å². The summed E-state index contributed by atoms with van der Waals surface area (Å²) in [5.41, 5.74) is 3.97. The van der Waals surface area contributed by atoms with Crippen LogP contribution < -0.4 is 11.1 Å². The average molecular weight is 260 g/mol. The van der Waals surface area contributed by atoms with Crippen LogP contribution in [-0.2, 0) is 14.3 Å². The first kappa shape index (κ1) is 14.9. The molecule has 5 N–H and O–H groups in total. The summed E-state index contributed by atoms with van der Waals surface area (Å²) < 4.78 is 5.38. The third-order valence-corrected chi connectivity index (χ3v) is 2.84. The molecule has 18 heavy (non-hydrogen) atoms. The van der Waals surface area contributed by atoms with Crippen LogP contribution in [0.1, 0.15) is 26.2 Å². The van der Waals surface area contributed by atoms with Gasteiger partial charge in [-0.05, 0) is 19.8 Å². The normalized spacial score (nSPS) is 26.6. The quantitative estimate of drug-likeness (QED) is 0.477. The van der Waals surface area contributed by atoms with Crippen molar-refractivity contribution in [1.82, 2.24) is 5.32 Å². The van der Waals surface area contributed by atoms with Gasteiger partial charge in [0.2, 0.25) is 5.91 Å². The van der Waals surface area contributed by atoms with Crippen molar-refractivity contribution < 1.29 is 24.5 Å². The van der Waals surface area contributed by atoms with Crippen LogP contribution >= 0.6 is 0 Å². The van der Waals surface area contributed by atoms with E-state index in [1.165, 1.54) is 6.92 Å². The Kier molecular flexibility index (Phi) is 5.06. The first-order valence-corrected chi connectivity index (χ1v) is 5.91. The summed E-state index contributed by atoms with van der Waals surface area (Å²) in [7, 11) is 0. The first-order valence-electron chi connectivity index (χ1n) is 5.91. The number of hydrogen-bond acceptors (Lipinski definition) is 5. The molecule has 0 bridgehead atoms. The molecule has 3 unspecified atom stereocenters. The molecule has 0 aromatic carbocycles. The smallest absolute Gasteiger partial charge is 0.306 e. The third kappa shape index (κ3) is 4.59. The van der Waals surface area contributed by atoms with Crippen LogP contribution in [0.25, 0.3) is 0 Å². The summed E-state index contributed by atoms with van der Waals surface area (Å²) in [4.78, 5) is 22.2. The molecule has 0 radical (unpaired) electrons. The maximum Gasteiger partial charge on any atom is 0.306 e. The molecule has 1 heterocycles. The Labute approximate surface area is 105 Å². The number of nitrogens with one attached hydrogen (secondary N) is 1. The number of carbonyl (C=O) groups is 2. The van der Waals surface area contributed by atoms with Crippen molar-refractivity contribution in [3.8, 4) is 0 Å². The summed E-state index contributed by atoms with van der Waals surface area (Å²) >= 11 is 0. The van der Waals surface area contributed by atoms with Crippen LogP contribution in [0, 0.1) is 0 Å². The summed E-state index contributed by atoms with van der Waals surface area (Å²) in [5, 5.41) is 20.8. The second kappa shape index (κ2) is 6.12. The van der Waals surface area contributed by atoms with Crippen molar-refractivity contribution in [2.45, 2.75) is 44.0 Å². The molecule has 0 saturated carbocycles. The summed E-state index contributed by atoms with van der Waals surface area (Å²) in [6.07, 6.45) is 0.249. The predicted octanol–water partition coefficient (Wildman–Crippen LogP) is -1.17. The second-order valence-electron chi connectivity index (χ2n) is 4.85. The lowest BCUT2D eigenvalue weighted by molar-refractivity contribution is -0.143. The number of carbonyl (C=O) groups excluding carboxylic acids is 1. The van der Waals surface area contributed by atoms with E-state index in [9.17, 15) is 14.7 Å². The SMILES string of the molecule is CC(O)(CNC(=O)C1CCC(CN)O1)CC(=O)O. The Morgan fingerprint density at radius 2 is 2.17 bits per heavy atom. The number of aliphatic hydroxyl groups is 1. The van der Waals surface area contributed by atoms with E-state index < -0.39 is 24.1 Å². The number of aliphatic carboxylic acids is 1. The molecule has 3 atom stereocenters. The predicted molar refractivity (Wildman–Crippen MR) is 62.8 cm³/mol.